The lowest BCUT2D eigenvalue weighted by Crippen LogP contribution is -1.73. The summed E-state index contributed by atoms with van der Waals surface area (Å²) < 4.78 is 1.39. The van der Waals surface area contributed by atoms with Crippen molar-refractivity contribution in [1.82, 2.24) is 0 Å². The van der Waals surface area contributed by atoms with E-state index in [4.69, 9.17) is 0 Å². The first kappa shape index (κ1) is 10.1. The van der Waals surface area contributed by atoms with Gasteiger partial charge >= 0.3 is 10.3 Å². The summed E-state index contributed by atoms with van der Waals surface area (Å²) in [5.41, 5.74) is 2.65. The van der Waals surface area contributed by atoms with Crippen LogP contribution < -0.4 is 0 Å². The number of aryl methyl sites for hydroxylation is 1. The fraction of sp³-hybridized carbons (Fsp3) is 0.182. The molecule has 0 saturated carbocycles. The highest BCUT2D eigenvalue weighted by molar-refractivity contribution is 8.02. The quantitative estimate of drug-likeness (QED) is 0.412. The van der Waals surface area contributed by atoms with E-state index in [-0.39, 0.29) is 0 Å². The smallest absolute Gasteiger partial charge is 0.0666 e. The Morgan fingerprint density at radius 2 is 1.93 bits per heavy atom. The third-order valence-electron chi connectivity index (χ3n) is 2.00. The van der Waals surface area contributed by atoms with Crippen LogP contribution in [-0.4, -0.2) is 6.26 Å². The van der Waals surface area contributed by atoms with Gasteiger partial charge in [0, 0.05) is 6.07 Å². The summed E-state index contributed by atoms with van der Waals surface area (Å²) in [7, 11) is 3.71. The molecule has 1 aromatic carbocycles. The van der Waals surface area contributed by atoms with Gasteiger partial charge in [0.15, 0.2) is 10.3 Å². The van der Waals surface area contributed by atoms with Gasteiger partial charge in [0.25, 0.3) is 4.21 Å². The minimum atomic E-state index is 1.32. The second-order valence-corrected chi connectivity index (χ2v) is 6.38. The summed E-state index contributed by atoms with van der Waals surface area (Å²) in [4.78, 5) is 1.37. The highest BCUT2D eigenvalue weighted by Gasteiger charge is 2.13. The van der Waals surface area contributed by atoms with Gasteiger partial charge in [-0.3, -0.25) is 0 Å². The number of hydrogen-bond acceptors (Lipinski definition) is 2. The first-order chi connectivity index (χ1) is 6.79. The molecule has 0 unspecified atom stereocenters. The van der Waals surface area contributed by atoms with E-state index in [1.807, 2.05) is 32.4 Å². The zero-order valence-corrected chi connectivity index (χ0v) is 10.6. The normalized spacial score (nSPS) is 10.4. The van der Waals surface area contributed by atoms with Gasteiger partial charge in [-0.2, -0.15) is 0 Å². The molecule has 0 N–H and O–H groups in total. The minimum Gasteiger partial charge on any atom is -0.0666 e. The predicted octanol–water partition coefficient (Wildman–Crippen LogP) is 4.79. The molecule has 1 aromatic heterocycles. The topological polar surface area (TPSA) is 0 Å². The molecule has 0 saturated heterocycles. The zero-order valence-electron chi connectivity index (χ0n) is 8.11. The van der Waals surface area contributed by atoms with Crippen LogP contribution in [0.15, 0.2) is 34.5 Å². The summed E-state index contributed by atoms with van der Waals surface area (Å²) in [5.74, 6) is 0. The molecule has 0 spiro atoms. The monoisotopic (exact) mass is 239 g/mol. The van der Waals surface area contributed by atoms with Crippen molar-refractivity contribution in [2.45, 2.75) is 11.1 Å². The summed E-state index contributed by atoms with van der Waals surface area (Å²) >= 11 is 1.82. The second-order valence-electron chi connectivity index (χ2n) is 3.06. The van der Waals surface area contributed by atoms with E-state index >= 15 is 0 Å². The SMILES string of the molecule is CSc1cc(-c2ccc(C)cc2)s[s+]1. The van der Waals surface area contributed by atoms with Gasteiger partial charge in [-0.1, -0.05) is 41.6 Å². The van der Waals surface area contributed by atoms with E-state index < -0.39 is 0 Å². The summed E-state index contributed by atoms with van der Waals surface area (Å²) in [6, 6.07) is 11.0. The van der Waals surface area contributed by atoms with Crippen LogP contribution in [0.1, 0.15) is 5.56 Å². The minimum absolute atomic E-state index is 1.32. The highest BCUT2D eigenvalue weighted by atomic mass is 32.9. The van der Waals surface area contributed by atoms with Gasteiger partial charge in [-0.15, -0.1) is 0 Å². The second kappa shape index (κ2) is 4.43. The van der Waals surface area contributed by atoms with Crippen LogP contribution in [0.2, 0.25) is 0 Å². The summed E-state index contributed by atoms with van der Waals surface area (Å²) in [5, 5.41) is 0. The van der Waals surface area contributed by atoms with Crippen molar-refractivity contribution in [3.05, 3.63) is 35.9 Å². The lowest BCUT2D eigenvalue weighted by atomic mass is 10.1. The molecule has 0 aliphatic rings. The van der Waals surface area contributed by atoms with Crippen LogP contribution in [0.3, 0.4) is 0 Å². The third-order valence-corrected chi connectivity index (χ3v) is 5.81. The molecule has 3 heteroatoms. The number of rotatable bonds is 2. The van der Waals surface area contributed by atoms with Crippen molar-refractivity contribution in [3.63, 3.8) is 0 Å². The van der Waals surface area contributed by atoms with Crippen LogP contribution in [-0.2, 0) is 0 Å². The lowest BCUT2D eigenvalue weighted by Gasteiger charge is -1.94. The Hall–Kier alpha value is -0.380. The van der Waals surface area contributed by atoms with Crippen molar-refractivity contribution in [2.75, 3.05) is 6.26 Å². The summed E-state index contributed by atoms with van der Waals surface area (Å²) in [6.07, 6.45) is 2.12. The van der Waals surface area contributed by atoms with Gasteiger partial charge in [0.1, 0.15) is 0 Å². The third kappa shape index (κ3) is 2.16. The molecule has 0 atom stereocenters. The van der Waals surface area contributed by atoms with E-state index in [1.165, 1.54) is 20.2 Å². The van der Waals surface area contributed by atoms with E-state index in [0.717, 1.165) is 0 Å². The van der Waals surface area contributed by atoms with E-state index in [1.54, 1.807) is 0 Å². The summed E-state index contributed by atoms with van der Waals surface area (Å²) in [6.45, 7) is 2.12. The Bertz CT molecular complexity index is 414. The highest BCUT2D eigenvalue weighted by Crippen LogP contribution is 2.35. The predicted molar refractivity (Wildman–Crippen MR) is 68.6 cm³/mol. The molecular weight excluding hydrogens is 228 g/mol. The maximum atomic E-state index is 2.27. The van der Waals surface area contributed by atoms with Gasteiger partial charge in [0.2, 0.25) is 0 Å². The lowest BCUT2D eigenvalue weighted by molar-refractivity contribution is 1.47. The molecule has 14 heavy (non-hydrogen) atoms. The average Bonchev–Trinajstić information content (AvgIpc) is 2.67. The maximum Gasteiger partial charge on any atom is 0.308 e. The molecular formula is C11H11S3+. The van der Waals surface area contributed by atoms with Crippen LogP contribution >= 0.6 is 32.4 Å². The van der Waals surface area contributed by atoms with Crippen LogP contribution in [0.25, 0.3) is 10.4 Å². The van der Waals surface area contributed by atoms with Crippen molar-refractivity contribution in [2.24, 2.45) is 0 Å². The fourth-order valence-corrected chi connectivity index (χ4v) is 4.59. The molecule has 0 aliphatic carbocycles. The van der Waals surface area contributed by atoms with Crippen LogP contribution in [0.4, 0.5) is 0 Å². The van der Waals surface area contributed by atoms with Gasteiger partial charge in [0.05, 0.1) is 4.88 Å². The molecule has 72 valence electrons. The number of thioether (sulfide) groups is 1. The maximum absolute atomic E-state index is 2.27. The molecule has 0 fully saturated rings. The van der Waals surface area contributed by atoms with E-state index in [9.17, 15) is 0 Å². The van der Waals surface area contributed by atoms with E-state index in [2.05, 4.69) is 43.5 Å². The van der Waals surface area contributed by atoms with Crippen LogP contribution in [0, 0.1) is 6.92 Å². The number of hydrogen-bond donors (Lipinski definition) is 0. The van der Waals surface area contributed by atoms with Crippen LogP contribution in [0.5, 0.6) is 0 Å². The zero-order chi connectivity index (χ0) is 9.97. The molecule has 2 aromatic rings. The molecule has 0 radical (unpaired) electrons. The largest absolute Gasteiger partial charge is 0.308 e. The van der Waals surface area contributed by atoms with Gasteiger partial charge < -0.3 is 0 Å². The Kier molecular flexibility index (Phi) is 3.21. The Balaban J connectivity index is 2.34. The molecule has 2 rings (SSSR count). The number of benzene rings is 1. The standard InChI is InChI=1S/C11H11S3/c1-8-3-5-9(6-4-8)10-7-11(12-2)14-13-10/h3-7H,1-2H3/q+1. The van der Waals surface area contributed by atoms with Gasteiger partial charge in [-0.25, -0.2) is 0 Å². The van der Waals surface area contributed by atoms with Crippen molar-refractivity contribution < 1.29 is 0 Å². The average molecular weight is 239 g/mol. The first-order valence-electron chi connectivity index (χ1n) is 4.34. The van der Waals surface area contributed by atoms with Crippen molar-refractivity contribution >= 4 is 32.4 Å². The van der Waals surface area contributed by atoms with Crippen molar-refractivity contribution in [1.29, 1.82) is 0 Å². The molecule has 0 aliphatic heterocycles. The van der Waals surface area contributed by atoms with E-state index in [0.29, 0.717) is 0 Å². The molecule has 0 nitrogen and oxygen atoms in total. The Labute approximate surface area is 96.0 Å². The molecule has 0 bridgehead atoms. The van der Waals surface area contributed by atoms with Gasteiger partial charge in [-0.05, 0) is 18.7 Å². The van der Waals surface area contributed by atoms with Crippen molar-refractivity contribution in [3.8, 4) is 10.4 Å². The first-order valence-corrected chi connectivity index (χ1v) is 7.71. The molecule has 0 amide bonds. The fourth-order valence-electron chi connectivity index (χ4n) is 1.18. The molecule has 1 heterocycles. The Morgan fingerprint density at radius 1 is 1.21 bits per heavy atom. The Morgan fingerprint density at radius 3 is 2.50 bits per heavy atom.